The van der Waals surface area contributed by atoms with Crippen LogP contribution in [0.15, 0.2) is 16.5 Å². The molecule has 1 aromatic heterocycles. The van der Waals surface area contributed by atoms with Crippen molar-refractivity contribution in [2.75, 3.05) is 26.7 Å². The van der Waals surface area contributed by atoms with E-state index in [1.54, 1.807) is 0 Å². The van der Waals surface area contributed by atoms with Crippen molar-refractivity contribution in [3.05, 3.63) is 23.7 Å². The van der Waals surface area contributed by atoms with Crippen LogP contribution >= 0.6 is 0 Å². The monoisotopic (exact) mass is 252 g/mol. The summed E-state index contributed by atoms with van der Waals surface area (Å²) in [4.78, 5) is 4.88. The standard InChI is InChI=1S/C14H24N2O2/c1-11(2)14-9-15(3)6-7-16(14)8-12-4-5-13(10-17)18-12/h4-5,11,14,17H,6-10H2,1-3H3. The minimum absolute atomic E-state index is 0.0175. The first-order chi connectivity index (χ1) is 8.60. The van der Waals surface area contributed by atoms with Gasteiger partial charge in [0.1, 0.15) is 18.1 Å². The van der Waals surface area contributed by atoms with Gasteiger partial charge in [-0.1, -0.05) is 13.8 Å². The molecule has 1 N–H and O–H groups in total. The molecule has 1 aliphatic heterocycles. The molecule has 18 heavy (non-hydrogen) atoms. The molecule has 0 aromatic carbocycles. The molecule has 1 fully saturated rings. The van der Waals surface area contributed by atoms with Crippen molar-refractivity contribution in [2.24, 2.45) is 5.92 Å². The molecule has 0 bridgehead atoms. The highest BCUT2D eigenvalue weighted by molar-refractivity contribution is 5.06. The second-order valence-electron chi connectivity index (χ2n) is 5.57. The van der Waals surface area contributed by atoms with Crippen molar-refractivity contribution in [3.8, 4) is 0 Å². The first-order valence-corrected chi connectivity index (χ1v) is 6.71. The van der Waals surface area contributed by atoms with Crippen LogP contribution in [0, 0.1) is 5.92 Å². The minimum atomic E-state index is -0.0175. The first kappa shape index (κ1) is 13.6. The smallest absolute Gasteiger partial charge is 0.129 e. The summed E-state index contributed by atoms with van der Waals surface area (Å²) in [6, 6.07) is 4.41. The lowest BCUT2D eigenvalue weighted by molar-refractivity contribution is 0.0513. The van der Waals surface area contributed by atoms with Gasteiger partial charge in [0, 0.05) is 25.7 Å². The van der Waals surface area contributed by atoms with Gasteiger partial charge in [-0.05, 0) is 25.1 Å². The van der Waals surface area contributed by atoms with Crippen molar-refractivity contribution in [1.29, 1.82) is 0 Å². The molecule has 2 rings (SSSR count). The topological polar surface area (TPSA) is 39.9 Å². The van der Waals surface area contributed by atoms with Gasteiger partial charge < -0.3 is 14.4 Å². The fourth-order valence-electron chi connectivity index (χ4n) is 2.61. The maximum Gasteiger partial charge on any atom is 0.129 e. The lowest BCUT2D eigenvalue weighted by atomic mass is 9.99. The predicted octanol–water partition coefficient (Wildman–Crippen LogP) is 1.54. The Bertz CT molecular complexity index is 376. The zero-order chi connectivity index (χ0) is 13.1. The van der Waals surface area contributed by atoms with Gasteiger partial charge in [0.15, 0.2) is 0 Å². The second-order valence-corrected chi connectivity index (χ2v) is 5.57. The highest BCUT2D eigenvalue weighted by Crippen LogP contribution is 2.20. The Labute approximate surface area is 109 Å². The molecule has 2 heterocycles. The van der Waals surface area contributed by atoms with Crippen LogP contribution in [-0.2, 0) is 13.2 Å². The number of aliphatic hydroxyl groups excluding tert-OH is 1. The van der Waals surface area contributed by atoms with E-state index >= 15 is 0 Å². The Morgan fingerprint density at radius 3 is 2.67 bits per heavy atom. The van der Waals surface area contributed by atoms with Crippen molar-refractivity contribution in [3.63, 3.8) is 0 Å². The van der Waals surface area contributed by atoms with Gasteiger partial charge in [-0.3, -0.25) is 4.90 Å². The quantitative estimate of drug-likeness (QED) is 0.882. The molecule has 1 saturated heterocycles. The molecule has 0 radical (unpaired) electrons. The van der Waals surface area contributed by atoms with Crippen LogP contribution in [0.1, 0.15) is 25.4 Å². The zero-order valence-electron chi connectivity index (χ0n) is 11.6. The lowest BCUT2D eigenvalue weighted by Crippen LogP contribution is -2.53. The number of aliphatic hydroxyl groups is 1. The average Bonchev–Trinajstić information content (AvgIpc) is 2.79. The van der Waals surface area contributed by atoms with Crippen LogP contribution in [0.5, 0.6) is 0 Å². The van der Waals surface area contributed by atoms with Crippen LogP contribution in [0.3, 0.4) is 0 Å². The third-order valence-corrected chi connectivity index (χ3v) is 3.74. The van der Waals surface area contributed by atoms with E-state index in [9.17, 15) is 0 Å². The SMILES string of the molecule is CC(C)C1CN(C)CCN1Cc1ccc(CO)o1. The number of hydrogen-bond donors (Lipinski definition) is 1. The molecule has 0 spiro atoms. The number of piperazine rings is 1. The summed E-state index contributed by atoms with van der Waals surface area (Å²) in [7, 11) is 2.18. The van der Waals surface area contributed by atoms with Crippen LogP contribution in [-0.4, -0.2) is 47.6 Å². The summed E-state index contributed by atoms with van der Waals surface area (Å²) in [5.74, 6) is 2.24. The van der Waals surface area contributed by atoms with Gasteiger partial charge in [0.2, 0.25) is 0 Å². The van der Waals surface area contributed by atoms with E-state index < -0.39 is 0 Å². The van der Waals surface area contributed by atoms with Gasteiger partial charge in [0.05, 0.1) is 6.54 Å². The highest BCUT2D eigenvalue weighted by atomic mass is 16.4. The molecule has 0 aliphatic carbocycles. The fourth-order valence-corrected chi connectivity index (χ4v) is 2.61. The number of likely N-dealkylation sites (N-methyl/N-ethyl adjacent to an activating group) is 1. The minimum Gasteiger partial charge on any atom is -0.462 e. The van der Waals surface area contributed by atoms with Crippen LogP contribution in [0.2, 0.25) is 0 Å². The predicted molar refractivity (Wildman–Crippen MR) is 71.2 cm³/mol. The van der Waals surface area contributed by atoms with Gasteiger partial charge in [-0.25, -0.2) is 0 Å². The highest BCUT2D eigenvalue weighted by Gasteiger charge is 2.28. The van der Waals surface area contributed by atoms with Crippen LogP contribution in [0.25, 0.3) is 0 Å². The van der Waals surface area contributed by atoms with Crippen molar-refractivity contribution < 1.29 is 9.52 Å². The third-order valence-electron chi connectivity index (χ3n) is 3.74. The van der Waals surface area contributed by atoms with Crippen LogP contribution in [0.4, 0.5) is 0 Å². The molecule has 102 valence electrons. The Morgan fingerprint density at radius 1 is 1.33 bits per heavy atom. The van der Waals surface area contributed by atoms with Crippen molar-refractivity contribution >= 4 is 0 Å². The van der Waals surface area contributed by atoms with Gasteiger partial charge in [-0.15, -0.1) is 0 Å². The van der Waals surface area contributed by atoms with Crippen molar-refractivity contribution in [2.45, 2.75) is 33.0 Å². The van der Waals surface area contributed by atoms with E-state index in [2.05, 4.69) is 30.7 Å². The van der Waals surface area contributed by atoms with E-state index in [1.165, 1.54) is 0 Å². The second kappa shape index (κ2) is 5.87. The van der Waals surface area contributed by atoms with Gasteiger partial charge in [0.25, 0.3) is 0 Å². The summed E-state index contributed by atoms with van der Waals surface area (Å²) in [5, 5.41) is 9.02. The molecule has 0 saturated carbocycles. The maximum absolute atomic E-state index is 9.02. The molecule has 1 atom stereocenters. The van der Waals surface area contributed by atoms with E-state index in [-0.39, 0.29) is 6.61 Å². The maximum atomic E-state index is 9.02. The number of hydrogen-bond acceptors (Lipinski definition) is 4. The number of rotatable bonds is 4. The molecular weight excluding hydrogens is 228 g/mol. The lowest BCUT2D eigenvalue weighted by Gasteiger charge is -2.41. The molecule has 4 nitrogen and oxygen atoms in total. The van der Waals surface area contributed by atoms with Crippen molar-refractivity contribution in [1.82, 2.24) is 9.80 Å². The summed E-state index contributed by atoms with van der Waals surface area (Å²) < 4.78 is 5.59. The summed E-state index contributed by atoms with van der Waals surface area (Å²) in [6.45, 7) is 8.68. The van der Waals surface area contributed by atoms with Gasteiger partial charge in [-0.2, -0.15) is 0 Å². The Balaban J connectivity index is 2.01. The molecule has 1 unspecified atom stereocenters. The largest absolute Gasteiger partial charge is 0.462 e. The molecular formula is C14H24N2O2. The molecule has 4 heteroatoms. The third kappa shape index (κ3) is 3.13. The summed E-state index contributed by atoms with van der Waals surface area (Å²) in [5.41, 5.74) is 0. The molecule has 1 aromatic rings. The summed E-state index contributed by atoms with van der Waals surface area (Å²) in [6.07, 6.45) is 0. The molecule has 0 amide bonds. The Morgan fingerprint density at radius 2 is 2.06 bits per heavy atom. The normalized spacial score (nSPS) is 22.8. The van der Waals surface area contributed by atoms with E-state index in [1.807, 2.05) is 12.1 Å². The number of nitrogens with zero attached hydrogens (tertiary/aromatic N) is 2. The first-order valence-electron chi connectivity index (χ1n) is 6.71. The van der Waals surface area contributed by atoms with Crippen LogP contribution < -0.4 is 0 Å². The van der Waals surface area contributed by atoms with E-state index in [0.717, 1.165) is 31.9 Å². The summed E-state index contributed by atoms with van der Waals surface area (Å²) >= 11 is 0. The number of furan rings is 1. The van der Waals surface area contributed by atoms with E-state index in [0.29, 0.717) is 17.7 Å². The van der Waals surface area contributed by atoms with E-state index in [4.69, 9.17) is 9.52 Å². The molecule has 1 aliphatic rings. The Hall–Kier alpha value is -0.840. The zero-order valence-corrected chi connectivity index (χ0v) is 11.6. The average molecular weight is 252 g/mol. The fraction of sp³-hybridized carbons (Fsp3) is 0.714. The van der Waals surface area contributed by atoms with Gasteiger partial charge >= 0.3 is 0 Å². The Kier molecular flexibility index (Phi) is 4.43.